The summed E-state index contributed by atoms with van der Waals surface area (Å²) >= 11 is 0. The second kappa shape index (κ2) is 4.99. The molecule has 0 saturated carbocycles. The Morgan fingerprint density at radius 3 is 2.92 bits per heavy atom. The van der Waals surface area contributed by atoms with Gasteiger partial charge in [-0.3, -0.25) is 4.79 Å². The number of aromatic amines is 2. The molecule has 0 radical (unpaired) electrons. The Balaban J connectivity index is 1.48. The van der Waals surface area contributed by atoms with Gasteiger partial charge in [0.2, 0.25) is 0 Å². The number of benzene rings is 2. The molecule has 2 N–H and O–H groups in total. The van der Waals surface area contributed by atoms with E-state index < -0.39 is 0 Å². The maximum absolute atomic E-state index is 12.9. The number of para-hydroxylation sites is 1. The molecule has 0 spiro atoms. The summed E-state index contributed by atoms with van der Waals surface area (Å²) in [5, 5.41) is 2.36. The second-order valence-corrected chi connectivity index (χ2v) is 6.38. The first-order chi connectivity index (χ1) is 11.8. The van der Waals surface area contributed by atoms with Crippen molar-refractivity contribution in [3.05, 3.63) is 71.5 Å². The maximum Gasteiger partial charge on any atom is 0.254 e. The quantitative estimate of drug-likeness (QED) is 0.551. The molecule has 0 bridgehead atoms. The molecular formula is C20H17N3O. The first-order valence-electron chi connectivity index (χ1n) is 8.24. The Morgan fingerprint density at radius 1 is 1.04 bits per heavy atom. The molecule has 1 aliphatic rings. The van der Waals surface area contributed by atoms with Crippen LogP contribution in [0.25, 0.3) is 21.8 Å². The lowest BCUT2D eigenvalue weighted by molar-refractivity contribution is 0.0733. The van der Waals surface area contributed by atoms with Crippen molar-refractivity contribution in [3.63, 3.8) is 0 Å². The zero-order chi connectivity index (χ0) is 16.1. The highest BCUT2D eigenvalue weighted by Crippen LogP contribution is 2.28. The Morgan fingerprint density at radius 2 is 1.96 bits per heavy atom. The van der Waals surface area contributed by atoms with Crippen LogP contribution < -0.4 is 0 Å². The van der Waals surface area contributed by atoms with Crippen molar-refractivity contribution >= 4 is 27.7 Å². The van der Waals surface area contributed by atoms with Gasteiger partial charge >= 0.3 is 0 Å². The molecule has 118 valence electrons. The van der Waals surface area contributed by atoms with Crippen molar-refractivity contribution in [2.75, 3.05) is 6.54 Å². The molecule has 2 aromatic carbocycles. The van der Waals surface area contributed by atoms with Crippen LogP contribution in [0.3, 0.4) is 0 Å². The number of carbonyl (C=O) groups excluding carboxylic acids is 1. The minimum Gasteiger partial charge on any atom is -0.361 e. The Labute approximate surface area is 139 Å². The van der Waals surface area contributed by atoms with E-state index in [0.717, 1.165) is 34.9 Å². The van der Waals surface area contributed by atoms with Crippen molar-refractivity contribution in [3.8, 4) is 0 Å². The van der Waals surface area contributed by atoms with Crippen LogP contribution in [-0.4, -0.2) is 27.3 Å². The van der Waals surface area contributed by atoms with Gasteiger partial charge in [0.15, 0.2) is 0 Å². The van der Waals surface area contributed by atoms with E-state index in [0.29, 0.717) is 6.54 Å². The number of nitrogens with zero attached hydrogens (tertiary/aromatic N) is 1. The number of nitrogens with one attached hydrogen (secondary N) is 2. The molecule has 4 aromatic rings. The van der Waals surface area contributed by atoms with E-state index in [1.807, 2.05) is 41.4 Å². The minimum absolute atomic E-state index is 0.0995. The van der Waals surface area contributed by atoms with Gasteiger partial charge in [-0.1, -0.05) is 18.2 Å². The average molecular weight is 315 g/mol. The Kier molecular flexibility index (Phi) is 2.80. The number of fused-ring (bicyclic) bond motifs is 4. The fraction of sp³-hybridized carbons (Fsp3) is 0.150. The number of carbonyl (C=O) groups is 1. The molecule has 3 heterocycles. The summed E-state index contributed by atoms with van der Waals surface area (Å²) < 4.78 is 0. The van der Waals surface area contributed by atoms with Gasteiger partial charge in [0.05, 0.1) is 6.54 Å². The summed E-state index contributed by atoms with van der Waals surface area (Å²) in [6, 6.07) is 16.2. The van der Waals surface area contributed by atoms with Crippen LogP contribution in [-0.2, 0) is 13.0 Å². The molecule has 1 amide bonds. The average Bonchev–Trinajstić information content (AvgIpc) is 3.23. The van der Waals surface area contributed by atoms with E-state index in [9.17, 15) is 4.79 Å². The van der Waals surface area contributed by atoms with Crippen LogP contribution >= 0.6 is 0 Å². The van der Waals surface area contributed by atoms with Crippen molar-refractivity contribution in [1.29, 1.82) is 0 Å². The van der Waals surface area contributed by atoms with Gasteiger partial charge in [0, 0.05) is 45.8 Å². The van der Waals surface area contributed by atoms with Gasteiger partial charge in [-0.05, 0) is 42.3 Å². The van der Waals surface area contributed by atoms with E-state index >= 15 is 0 Å². The molecule has 2 aromatic heterocycles. The van der Waals surface area contributed by atoms with Crippen LogP contribution in [0, 0.1) is 0 Å². The number of hydrogen-bond acceptors (Lipinski definition) is 1. The van der Waals surface area contributed by atoms with Crippen molar-refractivity contribution in [2.24, 2.45) is 0 Å². The number of H-pyrrole nitrogens is 2. The summed E-state index contributed by atoms with van der Waals surface area (Å²) in [6.07, 6.45) is 2.80. The van der Waals surface area contributed by atoms with Crippen LogP contribution in [0.4, 0.5) is 0 Å². The third-order valence-electron chi connectivity index (χ3n) is 4.97. The lowest BCUT2D eigenvalue weighted by Gasteiger charge is -2.27. The summed E-state index contributed by atoms with van der Waals surface area (Å²) in [7, 11) is 0. The fourth-order valence-corrected chi connectivity index (χ4v) is 3.74. The van der Waals surface area contributed by atoms with Gasteiger partial charge in [-0.2, -0.15) is 0 Å². The number of aromatic nitrogens is 2. The monoisotopic (exact) mass is 315 g/mol. The molecule has 0 saturated heterocycles. The molecule has 0 atom stereocenters. The van der Waals surface area contributed by atoms with Crippen LogP contribution in [0.5, 0.6) is 0 Å². The minimum atomic E-state index is 0.0995. The van der Waals surface area contributed by atoms with Crippen molar-refractivity contribution in [2.45, 2.75) is 13.0 Å². The molecule has 24 heavy (non-hydrogen) atoms. The largest absolute Gasteiger partial charge is 0.361 e. The molecule has 0 aliphatic carbocycles. The van der Waals surface area contributed by atoms with E-state index in [2.05, 4.69) is 28.2 Å². The predicted octanol–water partition coefficient (Wildman–Crippen LogP) is 3.85. The zero-order valence-corrected chi connectivity index (χ0v) is 13.2. The van der Waals surface area contributed by atoms with Gasteiger partial charge in [-0.25, -0.2) is 0 Å². The van der Waals surface area contributed by atoms with Crippen LogP contribution in [0.1, 0.15) is 21.6 Å². The first kappa shape index (κ1) is 13.4. The highest BCUT2D eigenvalue weighted by molar-refractivity contribution is 5.98. The third-order valence-corrected chi connectivity index (χ3v) is 4.97. The second-order valence-electron chi connectivity index (χ2n) is 6.38. The smallest absolute Gasteiger partial charge is 0.254 e. The highest BCUT2D eigenvalue weighted by atomic mass is 16.2. The SMILES string of the molecule is O=C(c1ccc2[nH]ccc2c1)N1CCc2c([nH]c3ccccc23)C1. The topological polar surface area (TPSA) is 51.9 Å². The maximum atomic E-state index is 12.9. The van der Waals surface area contributed by atoms with Gasteiger partial charge < -0.3 is 14.9 Å². The van der Waals surface area contributed by atoms with Gasteiger partial charge in [-0.15, -0.1) is 0 Å². The van der Waals surface area contributed by atoms with Crippen molar-refractivity contribution < 1.29 is 4.79 Å². The first-order valence-corrected chi connectivity index (χ1v) is 8.24. The molecule has 5 rings (SSSR count). The predicted molar refractivity (Wildman–Crippen MR) is 95.0 cm³/mol. The Bertz CT molecular complexity index is 1070. The van der Waals surface area contributed by atoms with Gasteiger partial charge in [0.25, 0.3) is 5.91 Å². The van der Waals surface area contributed by atoms with Crippen LogP contribution in [0.15, 0.2) is 54.7 Å². The molecule has 0 fully saturated rings. The summed E-state index contributed by atoms with van der Waals surface area (Å²) in [6.45, 7) is 1.41. The lowest BCUT2D eigenvalue weighted by Crippen LogP contribution is -2.35. The fourth-order valence-electron chi connectivity index (χ4n) is 3.74. The van der Waals surface area contributed by atoms with Gasteiger partial charge in [0.1, 0.15) is 0 Å². The lowest BCUT2D eigenvalue weighted by atomic mass is 10.0. The molecule has 0 unspecified atom stereocenters. The summed E-state index contributed by atoms with van der Waals surface area (Å²) in [4.78, 5) is 21.5. The number of amides is 1. The van der Waals surface area contributed by atoms with Crippen molar-refractivity contribution in [1.82, 2.24) is 14.9 Å². The summed E-state index contributed by atoms with van der Waals surface area (Å²) in [5.41, 5.74) is 5.49. The van der Waals surface area contributed by atoms with E-state index in [-0.39, 0.29) is 5.91 Å². The standard InChI is InChI=1S/C20H17N3O/c24-20(14-5-6-17-13(11-14)7-9-21-17)23-10-8-16-15-3-1-2-4-18(15)22-19(16)12-23/h1-7,9,11,21-22H,8,10,12H2. The van der Waals surface area contributed by atoms with Crippen LogP contribution in [0.2, 0.25) is 0 Å². The zero-order valence-electron chi connectivity index (χ0n) is 13.2. The molecular weight excluding hydrogens is 298 g/mol. The normalized spacial score (nSPS) is 14.2. The number of hydrogen-bond donors (Lipinski definition) is 2. The van der Waals surface area contributed by atoms with E-state index in [1.165, 1.54) is 16.6 Å². The number of rotatable bonds is 1. The highest BCUT2D eigenvalue weighted by Gasteiger charge is 2.24. The molecule has 4 nitrogen and oxygen atoms in total. The van der Waals surface area contributed by atoms with E-state index in [1.54, 1.807) is 0 Å². The summed E-state index contributed by atoms with van der Waals surface area (Å²) in [5.74, 6) is 0.0995. The molecule has 4 heteroatoms. The Hall–Kier alpha value is -3.01. The van der Waals surface area contributed by atoms with E-state index in [4.69, 9.17) is 0 Å². The molecule has 1 aliphatic heterocycles. The third kappa shape index (κ3) is 1.96.